The maximum atomic E-state index is 12.4. The monoisotopic (exact) mass is 346 g/mol. The third-order valence-electron chi connectivity index (χ3n) is 4.02. The first kappa shape index (κ1) is 18.2. The van der Waals surface area contributed by atoms with Crippen LogP contribution in [0.2, 0.25) is 0 Å². The van der Waals surface area contributed by atoms with E-state index in [1.807, 2.05) is 33.8 Å². The van der Waals surface area contributed by atoms with Crippen molar-refractivity contribution in [2.75, 3.05) is 0 Å². The van der Waals surface area contributed by atoms with Crippen LogP contribution in [-0.2, 0) is 4.79 Å². The molecule has 0 radical (unpaired) electrons. The number of carbonyl (C=O) groups excluding carboxylic acids is 1. The summed E-state index contributed by atoms with van der Waals surface area (Å²) in [4.78, 5) is 21.1. The molecule has 0 saturated carbocycles. The SMILES string of the molecule is Cc1cc(C)n2nc(SC(C)C(=O)NC(C)(C#N)C(C)C)nc2n1. The van der Waals surface area contributed by atoms with Gasteiger partial charge in [0.1, 0.15) is 5.54 Å². The van der Waals surface area contributed by atoms with Crippen molar-refractivity contribution in [2.45, 2.75) is 57.5 Å². The molecule has 0 aromatic carbocycles. The molecule has 2 rings (SSSR count). The highest BCUT2D eigenvalue weighted by Crippen LogP contribution is 2.23. The number of thioether (sulfide) groups is 1. The van der Waals surface area contributed by atoms with Crippen molar-refractivity contribution in [3.05, 3.63) is 17.5 Å². The van der Waals surface area contributed by atoms with Crippen LogP contribution in [0.1, 0.15) is 39.1 Å². The van der Waals surface area contributed by atoms with Crippen LogP contribution in [0.3, 0.4) is 0 Å². The Kier molecular flexibility index (Phi) is 5.13. The quantitative estimate of drug-likeness (QED) is 0.834. The number of fused-ring (bicyclic) bond motifs is 1. The Hall–Kier alpha value is -2.14. The fraction of sp³-hybridized carbons (Fsp3) is 0.562. The minimum absolute atomic E-state index is 0.00629. The zero-order valence-corrected chi connectivity index (χ0v) is 15.6. The maximum Gasteiger partial charge on any atom is 0.253 e. The van der Waals surface area contributed by atoms with E-state index in [1.54, 1.807) is 18.4 Å². The molecule has 0 fully saturated rings. The van der Waals surface area contributed by atoms with Gasteiger partial charge in [0.15, 0.2) is 0 Å². The molecule has 2 aromatic rings. The van der Waals surface area contributed by atoms with E-state index < -0.39 is 10.8 Å². The maximum absolute atomic E-state index is 12.4. The van der Waals surface area contributed by atoms with Crippen LogP contribution in [0.5, 0.6) is 0 Å². The number of nitrogens with one attached hydrogen (secondary N) is 1. The lowest BCUT2D eigenvalue weighted by Crippen LogP contribution is -2.51. The molecule has 7 nitrogen and oxygen atoms in total. The second-order valence-electron chi connectivity index (χ2n) is 6.36. The van der Waals surface area contributed by atoms with Crippen molar-refractivity contribution in [3.63, 3.8) is 0 Å². The summed E-state index contributed by atoms with van der Waals surface area (Å²) in [6.45, 7) is 11.1. The van der Waals surface area contributed by atoms with Gasteiger partial charge in [-0.2, -0.15) is 10.2 Å². The fourth-order valence-electron chi connectivity index (χ4n) is 2.07. The number of aromatic nitrogens is 4. The molecule has 2 aromatic heterocycles. The standard InChI is InChI=1S/C16H22N6OS/c1-9(2)16(6,8-17)20-13(23)12(5)24-15-19-14-18-10(3)7-11(4)22(14)21-15/h7,9,12H,1-6H3,(H,20,23). The molecular weight excluding hydrogens is 324 g/mol. The molecule has 128 valence electrons. The van der Waals surface area contributed by atoms with Gasteiger partial charge in [0.2, 0.25) is 11.1 Å². The van der Waals surface area contributed by atoms with Crippen LogP contribution < -0.4 is 5.32 Å². The van der Waals surface area contributed by atoms with Crippen LogP contribution in [0, 0.1) is 31.1 Å². The molecule has 8 heteroatoms. The first-order chi connectivity index (χ1) is 11.2. The molecule has 0 saturated heterocycles. The predicted molar refractivity (Wildman–Crippen MR) is 92.6 cm³/mol. The van der Waals surface area contributed by atoms with Gasteiger partial charge in [-0.05, 0) is 39.7 Å². The molecule has 0 aliphatic rings. The van der Waals surface area contributed by atoms with Gasteiger partial charge >= 0.3 is 0 Å². The number of carbonyl (C=O) groups is 1. The van der Waals surface area contributed by atoms with Crippen molar-refractivity contribution in [1.82, 2.24) is 24.9 Å². The zero-order chi connectivity index (χ0) is 18.1. The molecule has 24 heavy (non-hydrogen) atoms. The fourth-order valence-corrected chi connectivity index (χ4v) is 2.81. The summed E-state index contributed by atoms with van der Waals surface area (Å²) in [6, 6.07) is 4.10. The lowest BCUT2D eigenvalue weighted by Gasteiger charge is -2.28. The van der Waals surface area contributed by atoms with Crippen molar-refractivity contribution in [1.29, 1.82) is 5.26 Å². The Labute approximate surface area is 145 Å². The van der Waals surface area contributed by atoms with Gasteiger partial charge in [-0.3, -0.25) is 4.79 Å². The first-order valence-corrected chi connectivity index (χ1v) is 8.65. The molecule has 0 aliphatic carbocycles. The molecule has 2 heterocycles. The zero-order valence-electron chi connectivity index (χ0n) is 14.8. The second-order valence-corrected chi connectivity index (χ2v) is 7.67. The van der Waals surface area contributed by atoms with Gasteiger partial charge in [0, 0.05) is 11.4 Å². The highest BCUT2D eigenvalue weighted by molar-refractivity contribution is 8.00. The predicted octanol–water partition coefficient (Wildman–Crippen LogP) is 2.28. The molecule has 1 amide bonds. The van der Waals surface area contributed by atoms with Crippen LogP contribution in [0.4, 0.5) is 0 Å². The van der Waals surface area contributed by atoms with E-state index in [1.165, 1.54) is 11.8 Å². The van der Waals surface area contributed by atoms with Gasteiger partial charge in [-0.25, -0.2) is 9.50 Å². The van der Waals surface area contributed by atoms with Gasteiger partial charge in [0.25, 0.3) is 5.78 Å². The number of hydrogen-bond donors (Lipinski definition) is 1. The Morgan fingerprint density at radius 3 is 2.62 bits per heavy atom. The third kappa shape index (κ3) is 3.67. The first-order valence-electron chi connectivity index (χ1n) is 7.77. The molecular formula is C16H22N6OS. The molecule has 1 N–H and O–H groups in total. The smallest absolute Gasteiger partial charge is 0.253 e. The van der Waals surface area contributed by atoms with E-state index in [0.717, 1.165) is 11.4 Å². The Bertz CT molecular complexity index is 809. The summed E-state index contributed by atoms with van der Waals surface area (Å²) in [5.74, 6) is 0.316. The minimum atomic E-state index is -0.895. The highest BCUT2D eigenvalue weighted by atomic mass is 32.2. The van der Waals surface area contributed by atoms with E-state index in [9.17, 15) is 10.1 Å². The summed E-state index contributed by atoms with van der Waals surface area (Å²) < 4.78 is 1.66. The van der Waals surface area contributed by atoms with E-state index >= 15 is 0 Å². The lowest BCUT2D eigenvalue weighted by molar-refractivity contribution is -0.121. The third-order valence-corrected chi connectivity index (χ3v) is 4.97. The average molecular weight is 346 g/mol. The summed E-state index contributed by atoms with van der Waals surface area (Å²) >= 11 is 1.25. The molecule has 0 aliphatic heterocycles. The van der Waals surface area contributed by atoms with Gasteiger partial charge < -0.3 is 5.32 Å². The highest BCUT2D eigenvalue weighted by Gasteiger charge is 2.32. The van der Waals surface area contributed by atoms with E-state index in [0.29, 0.717) is 10.9 Å². The molecule has 2 atom stereocenters. The number of nitrogens with zero attached hydrogens (tertiary/aromatic N) is 5. The molecule has 2 unspecified atom stereocenters. The van der Waals surface area contributed by atoms with Crippen LogP contribution >= 0.6 is 11.8 Å². The second kappa shape index (κ2) is 6.77. The summed E-state index contributed by atoms with van der Waals surface area (Å²) in [7, 11) is 0. The van der Waals surface area contributed by atoms with Crippen LogP contribution in [0.15, 0.2) is 11.2 Å². The van der Waals surface area contributed by atoms with Crippen molar-refractivity contribution >= 4 is 23.4 Å². The summed E-state index contributed by atoms with van der Waals surface area (Å²) in [5, 5.41) is 16.6. The lowest BCUT2D eigenvalue weighted by atomic mass is 9.90. The normalized spacial score (nSPS) is 15.1. The van der Waals surface area contributed by atoms with Crippen molar-refractivity contribution in [3.8, 4) is 6.07 Å². The number of nitriles is 1. The largest absolute Gasteiger partial charge is 0.337 e. The van der Waals surface area contributed by atoms with Gasteiger partial charge in [-0.15, -0.1) is 5.10 Å². The summed E-state index contributed by atoms with van der Waals surface area (Å²) in [6.07, 6.45) is 0. The number of aryl methyl sites for hydroxylation is 2. The van der Waals surface area contributed by atoms with Crippen molar-refractivity contribution in [2.24, 2.45) is 5.92 Å². The number of hydrogen-bond acceptors (Lipinski definition) is 6. The average Bonchev–Trinajstić information content (AvgIpc) is 2.89. The summed E-state index contributed by atoms with van der Waals surface area (Å²) in [5.41, 5.74) is 0.912. The van der Waals surface area contributed by atoms with E-state index in [4.69, 9.17) is 0 Å². The van der Waals surface area contributed by atoms with Crippen molar-refractivity contribution < 1.29 is 4.79 Å². The number of amides is 1. The molecule has 0 spiro atoms. The van der Waals surface area contributed by atoms with E-state index in [-0.39, 0.29) is 11.8 Å². The Morgan fingerprint density at radius 1 is 1.38 bits per heavy atom. The van der Waals surface area contributed by atoms with Gasteiger partial charge in [0.05, 0.1) is 11.3 Å². The Balaban J connectivity index is 2.15. The minimum Gasteiger partial charge on any atom is -0.337 e. The number of rotatable bonds is 5. The van der Waals surface area contributed by atoms with E-state index in [2.05, 4.69) is 26.5 Å². The topological polar surface area (TPSA) is 96.0 Å². The van der Waals surface area contributed by atoms with Crippen LogP contribution in [0.25, 0.3) is 5.78 Å². The Morgan fingerprint density at radius 2 is 2.04 bits per heavy atom. The van der Waals surface area contributed by atoms with Gasteiger partial charge in [-0.1, -0.05) is 25.6 Å². The molecule has 0 bridgehead atoms. The van der Waals surface area contributed by atoms with Crippen LogP contribution in [-0.4, -0.2) is 36.3 Å².